The van der Waals surface area contributed by atoms with Crippen molar-refractivity contribution in [2.24, 2.45) is 0 Å². The van der Waals surface area contributed by atoms with Crippen LogP contribution < -0.4 is 25.9 Å². The van der Waals surface area contributed by atoms with Crippen molar-refractivity contribution in [2.45, 2.75) is 0 Å². The first-order valence-corrected chi connectivity index (χ1v) is 18.4. The molecular weight excluding hydrogens is 659 g/mol. The number of para-hydroxylation sites is 3. The maximum Gasteiger partial charge on any atom is 0.260 e. The van der Waals surface area contributed by atoms with Crippen molar-refractivity contribution in [3.05, 3.63) is 176 Å². The predicted molar refractivity (Wildman–Crippen MR) is 222 cm³/mol. The highest BCUT2D eigenvalue weighted by Gasteiger charge is 2.40. The summed E-state index contributed by atoms with van der Waals surface area (Å²) in [6, 6.07) is 62.4. The van der Waals surface area contributed by atoms with E-state index in [1.165, 1.54) is 32.3 Å². The van der Waals surface area contributed by atoms with Crippen molar-refractivity contribution in [3.63, 3.8) is 0 Å². The highest BCUT2D eigenvalue weighted by molar-refractivity contribution is 6.98. The Kier molecular flexibility index (Phi) is 6.11. The van der Waals surface area contributed by atoms with E-state index in [4.69, 9.17) is 14.5 Å². The molecule has 250 valence electrons. The van der Waals surface area contributed by atoms with Crippen molar-refractivity contribution in [2.75, 3.05) is 0 Å². The van der Waals surface area contributed by atoms with Crippen molar-refractivity contribution in [1.29, 1.82) is 0 Å². The fraction of sp³-hybridized carbons (Fsp3) is 0. The van der Waals surface area contributed by atoms with Crippen LogP contribution in [0.3, 0.4) is 0 Å². The van der Waals surface area contributed by atoms with Gasteiger partial charge in [-0.3, -0.25) is 4.57 Å². The van der Waals surface area contributed by atoms with Crippen molar-refractivity contribution < 1.29 is 9.47 Å². The lowest BCUT2D eigenvalue weighted by Gasteiger charge is -2.33. The SMILES string of the molecule is c1ccc(-n2c(-c3ccc4c5ccccc5c5ccccc5c4c3)nc3cc(-c4cc5c6c(c4)Oc4ccccc4B6c4ccccc4O5)ccc32)cc1. The summed E-state index contributed by atoms with van der Waals surface area (Å²) in [6.45, 7) is 0.0441. The summed E-state index contributed by atoms with van der Waals surface area (Å²) in [6.07, 6.45) is 0. The minimum absolute atomic E-state index is 0.0441. The third-order valence-corrected chi connectivity index (χ3v) is 11.3. The highest BCUT2D eigenvalue weighted by atomic mass is 16.5. The van der Waals surface area contributed by atoms with Gasteiger partial charge in [0.25, 0.3) is 6.71 Å². The summed E-state index contributed by atoms with van der Waals surface area (Å²) in [7, 11) is 0. The molecule has 4 nitrogen and oxygen atoms in total. The van der Waals surface area contributed by atoms with Gasteiger partial charge in [0.2, 0.25) is 0 Å². The third kappa shape index (κ3) is 4.24. The van der Waals surface area contributed by atoms with Gasteiger partial charge in [0.15, 0.2) is 0 Å². The highest BCUT2D eigenvalue weighted by Crippen LogP contribution is 2.41. The molecule has 54 heavy (non-hydrogen) atoms. The van der Waals surface area contributed by atoms with E-state index in [9.17, 15) is 0 Å². The van der Waals surface area contributed by atoms with E-state index in [-0.39, 0.29) is 6.71 Å². The fourth-order valence-electron chi connectivity index (χ4n) is 8.90. The first-order chi connectivity index (χ1) is 26.8. The quantitative estimate of drug-likeness (QED) is 0.137. The molecular formula is C49H29BN2O2. The summed E-state index contributed by atoms with van der Waals surface area (Å²) in [4.78, 5) is 5.41. The Morgan fingerprint density at radius 2 is 0.944 bits per heavy atom. The smallest absolute Gasteiger partial charge is 0.260 e. The molecule has 0 spiro atoms. The number of ether oxygens (including phenoxy) is 2. The van der Waals surface area contributed by atoms with Crippen LogP contribution in [0.5, 0.6) is 23.0 Å². The molecule has 0 saturated carbocycles. The van der Waals surface area contributed by atoms with Gasteiger partial charge >= 0.3 is 0 Å². The molecule has 0 atom stereocenters. The molecule has 0 N–H and O–H groups in total. The monoisotopic (exact) mass is 688 g/mol. The third-order valence-electron chi connectivity index (χ3n) is 11.3. The number of nitrogens with zero attached hydrogens (tertiary/aromatic N) is 2. The molecule has 0 amide bonds. The number of imidazole rings is 1. The second-order valence-electron chi connectivity index (χ2n) is 14.3. The maximum atomic E-state index is 6.62. The Balaban J connectivity index is 1.05. The van der Waals surface area contributed by atoms with Gasteiger partial charge in [0, 0.05) is 16.7 Å². The van der Waals surface area contributed by atoms with Gasteiger partial charge in [-0.2, -0.15) is 0 Å². The maximum absolute atomic E-state index is 6.62. The van der Waals surface area contributed by atoms with Crippen LogP contribution in [0.25, 0.3) is 71.6 Å². The molecule has 9 aromatic carbocycles. The Labute approximate surface area is 311 Å². The van der Waals surface area contributed by atoms with E-state index < -0.39 is 0 Å². The van der Waals surface area contributed by atoms with Crippen LogP contribution in [-0.4, -0.2) is 16.3 Å². The van der Waals surface area contributed by atoms with Crippen molar-refractivity contribution in [1.82, 2.24) is 9.55 Å². The number of hydrogen-bond acceptors (Lipinski definition) is 3. The van der Waals surface area contributed by atoms with E-state index in [2.05, 4.69) is 168 Å². The van der Waals surface area contributed by atoms with Gasteiger partial charge in [-0.05, 0) is 109 Å². The van der Waals surface area contributed by atoms with Gasteiger partial charge in [0.05, 0.1) is 11.0 Å². The van der Waals surface area contributed by atoms with Crippen LogP contribution in [-0.2, 0) is 0 Å². The van der Waals surface area contributed by atoms with Crippen LogP contribution in [0, 0.1) is 0 Å². The zero-order valence-corrected chi connectivity index (χ0v) is 29.0. The lowest BCUT2D eigenvalue weighted by atomic mass is 9.35. The molecule has 0 unspecified atom stereocenters. The number of benzene rings is 9. The molecule has 0 radical (unpaired) electrons. The molecule has 0 bridgehead atoms. The van der Waals surface area contributed by atoms with E-state index in [0.717, 1.165) is 78.6 Å². The summed E-state index contributed by atoms with van der Waals surface area (Å²) >= 11 is 0. The summed E-state index contributed by atoms with van der Waals surface area (Å²) in [5.41, 5.74) is 9.53. The van der Waals surface area contributed by atoms with E-state index in [1.54, 1.807) is 0 Å². The topological polar surface area (TPSA) is 36.3 Å². The number of fused-ring (bicyclic) bond motifs is 11. The molecule has 0 aliphatic carbocycles. The zero-order chi connectivity index (χ0) is 35.3. The lowest BCUT2D eigenvalue weighted by Crippen LogP contribution is -2.57. The van der Waals surface area contributed by atoms with E-state index in [0.29, 0.717) is 0 Å². The van der Waals surface area contributed by atoms with Crippen LogP contribution in [0.2, 0.25) is 0 Å². The molecule has 3 heterocycles. The molecule has 10 aromatic rings. The Morgan fingerprint density at radius 1 is 0.407 bits per heavy atom. The molecule has 5 heteroatoms. The molecule has 0 saturated heterocycles. The Bertz CT molecular complexity index is 3080. The summed E-state index contributed by atoms with van der Waals surface area (Å²) < 4.78 is 15.5. The minimum Gasteiger partial charge on any atom is -0.458 e. The molecule has 12 rings (SSSR count). The van der Waals surface area contributed by atoms with Gasteiger partial charge in [-0.1, -0.05) is 121 Å². The van der Waals surface area contributed by atoms with Crippen molar-refractivity contribution >= 4 is 66.5 Å². The number of rotatable bonds is 3. The average Bonchev–Trinajstić information content (AvgIpc) is 3.63. The van der Waals surface area contributed by atoms with Crippen LogP contribution >= 0.6 is 0 Å². The van der Waals surface area contributed by atoms with Crippen LogP contribution in [0.15, 0.2) is 176 Å². The van der Waals surface area contributed by atoms with Gasteiger partial charge < -0.3 is 9.47 Å². The zero-order valence-electron chi connectivity index (χ0n) is 29.0. The second kappa shape index (κ2) is 11.2. The standard InChI is InChI=1S/C49H29BN2O2/c1-2-12-33(13-3-1)52-43-25-23-30(32-28-46-48-47(29-32)54-45-21-11-9-19-41(45)50(48)40-18-8-10-20-44(40)53-46)27-42(43)51-49(52)31-22-24-38-36-16-5-4-14-34(36)35-15-6-7-17-37(35)39(38)26-31/h1-29H. The minimum atomic E-state index is 0.0441. The number of hydrogen-bond donors (Lipinski definition) is 0. The van der Waals surface area contributed by atoms with Gasteiger partial charge in [0.1, 0.15) is 28.8 Å². The average molecular weight is 689 g/mol. The van der Waals surface area contributed by atoms with Crippen molar-refractivity contribution in [3.8, 4) is 51.2 Å². The first kappa shape index (κ1) is 29.5. The Hall–Kier alpha value is -7.11. The predicted octanol–water partition coefficient (Wildman–Crippen LogP) is 10.5. The molecule has 2 aliphatic heterocycles. The van der Waals surface area contributed by atoms with Gasteiger partial charge in [-0.15, -0.1) is 0 Å². The molecule has 2 aliphatic rings. The normalized spacial score (nSPS) is 12.7. The summed E-state index contributed by atoms with van der Waals surface area (Å²) in [5.74, 6) is 4.32. The molecule has 1 aromatic heterocycles. The number of aromatic nitrogens is 2. The fourth-order valence-corrected chi connectivity index (χ4v) is 8.90. The van der Waals surface area contributed by atoms with E-state index in [1.807, 2.05) is 12.1 Å². The Morgan fingerprint density at radius 3 is 1.59 bits per heavy atom. The van der Waals surface area contributed by atoms with Crippen LogP contribution in [0.4, 0.5) is 0 Å². The largest absolute Gasteiger partial charge is 0.458 e. The summed E-state index contributed by atoms with van der Waals surface area (Å²) in [5, 5.41) is 7.49. The van der Waals surface area contributed by atoms with Gasteiger partial charge in [-0.25, -0.2) is 4.98 Å². The van der Waals surface area contributed by atoms with E-state index >= 15 is 0 Å². The lowest BCUT2D eigenvalue weighted by molar-refractivity contribution is 0.465. The first-order valence-electron chi connectivity index (χ1n) is 18.4. The molecule has 0 fully saturated rings. The second-order valence-corrected chi connectivity index (χ2v) is 14.3. The van der Waals surface area contributed by atoms with Crippen LogP contribution in [0.1, 0.15) is 0 Å².